The molecule has 2 N–H and O–H groups in total. The minimum Gasteiger partial charge on any atom is -0.381 e. The number of ether oxygens (including phenoxy) is 1. The average Bonchev–Trinajstić information content (AvgIpc) is 3.14. The Kier molecular flexibility index (Phi) is 11.2. The standard InChI is InChI=1S/C39H48N6O5/c1-26(46)40-32-10-4-28(5-11-32)36-24-31(25-37(42-36)29-6-12-33(13-7-29)41-27(2)47)39(49)45-22-20-43(21-23-45)34-16-18-44(19-17-34)38(48)30-8-14-35(50-3)15-9-30/h4-7,10-13,24-25,30,34-35H,8-9,14-23H2,1-3H3,(H,40,46)(H,41,47). The number of carbonyl (C=O) groups excluding carboxylic acids is 4. The summed E-state index contributed by atoms with van der Waals surface area (Å²) >= 11 is 0. The predicted molar refractivity (Wildman–Crippen MR) is 194 cm³/mol. The zero-order chi connectivity index (χ0) is 35.2. The number of likely N-dealkylation sites (tertiary alicyclic amines) is 1. The lowest BCUT2D eigenvalue weighted by molar-refractivity contribution is -0.139. The molecule has 4 amide bonds. The fourth-order valence-corrected chi connectivity index (χ4v) is 7.53. The summed E-state index contributed by atoms with van der Waals surface area (Å²) in [5, 5.41) is 5.58. The van der Waals surface area contributed by atoms with E-state index in [1.54, 1.807) is 7.11 Å². The molecular weight excluding hydrogens is 632 g/mol. The van der Waals surface area contributed by atoms with E-state index in [2.05, 4.69) is 20.4 Å². The van der Waals surface area contributed by atoms with Gasteiger partial charge in [-0.15, -0.1) is 0 Å². The molecule has 264 valence electrons. The van der Waals surface area contributed by atoms with Crippen molar-refractivity contribution in [3.8, 4) is 22.5 Å². The quantitative estimate of drug-likeness (QED) is 0.332. The lowest BCUT2D eigenvalue weighted by atomic mass is 9.86. The molecule has 3 aliphatic rings. The number of hydrogen-bond acceptors (Lipinski definition) is 7. The van der Waals surface area contributed by atoms with Gasteiger partial charge >= 0.3 is 0 Å². The second kappa shape index (κ2) is 15.9. The number of nitrogens with zero attached hydrogens (tertiary/aromatic N) is 4. The van der Waals surface area contributed by atoms with E-state index in [-0.39, 0.29) is 23.6 Å². The minimum atomic E-state index is -0.148. The van der Waals surface area contributed by atoms with Crippen molar-refractivity contribution in [3.63, 3.8) is 0 Å². The van der Waals surface area contributed by atoms with Crippen molar-refractivity contribution in [2.75, 3.05) is 57.0 Å². The lowest BCUT2D eigenvalue weighted by Crippen LogP contribution is -2.55. The fourth-order valence-electron chi connectivity index (χ4n) is 7.53. The average molecular weight is 681 g/mol. The van der Waals surface area contributed by atoms with Gasteiger partial charge in [0.1, 0.15) is 0 Å². The number of methoxy groups -OCH3 is 1. The van der Waals surface area contributed by atoms with E-state index < -0.39 is 0 Å². The monoisotopic (exact) mass is 680 g/mol. The van der Waals surface area contributed by atoms with E-state index >= 15 is 0 Å². The highest BCUT2D eigenvalue weighted by molar-refractivity contribution is 5.97. The van der Waals surface area contributed by atoms with E-state index in [1.165, 1.54) is 13.8 Å². The van der Waals surface area contributed by atoms with Crippen molar-refractivity contribution in [1.82, 2.24) is 19.7 Å². The second-order valence-corrected chi connectivity index (χ2v) is 13.7. The van der Waals surface area contributed by atoms with Crippen LogP contribution in [-0.4, -0.2) is 102 Å². The molecular formula is C39H48N6O5. The highest BCUT2D eigenvalue weighted by atomic mass is 16.5. The maximum absolute atomic E-state index is 14.0. The van der Waals surface area contributed by atoms with Gasteiger partial charge in [-0.3, -0.25) is 24.1 Å². The van der Waals surface area contributed by atoms with Crippen LogP contribution in [0.2, 0.25) is 0 Å². The number of carbonyl (C=O) groups is 4. The molecule has 1 saturated carbocycles. The SMILES string of the molecule is COC1CCC(C(=O)N2CCC(N3CCN(C(=O)c4cc(-c5ccc(NC(C)=O)cc5)nc(-c5ccc(NC(C)=O)cc5)c4)CC3)CC2)CC1. The molecule has 0 bridgehead atoms. The van der Waals surface area contributed by atoms with E-state index in [9.17, 15) is 19.2 Å². The smallest absolute Gasteiger partial charge is 0.254 e. The molecule has 11 heteroatoms. The van der Waals surface area contributed by atoms with Gasteiger partial charge in [0.25, 0.3) is 5.91 Å². The molecule has 3 fully saturated rings. The Morgan fingerprint density at radius 3 is 1.62 bits per heavy atom. The van der Waals surface area contributed by atoms with Gasteiger partial charge < -0.3 is 25.2 Å². The summed E-state index contributed by atoms with van der Waals surface area (Å²) in [7, 11) is 1.76. The first-order valence-electron chi connectivity index (χ1n) is 17.8. The van der Waals surface area contributed by atoms with Crippen LogP contribution >= 0.6 is 0 Å². The number of pyridine rings is 1. The molecule has 1 aromatic heterocycles. The van der Waals surface area contributed by atoms with Crippen LogP contribution < -0.4 is 10.6 Å². The highest BCUT2D eigenvalue weighted by Crippen LogP contribution is 2.30. The third kappa shape index (κ3) is 8.57. The number of piperidine rings is 1. The van der Waals surface area contributed by atoms with Crippen molar-refractivity contribution >= 4 is 35.0 Å². The number of benzene rings is 2. The summed E-state index contributed by atoms with van der Waals surface area (Å²) in [5.74, 6) is 0.114. The molecule has 11 nitrogen and oxygen atoms in total. The van der Waals surface area contributed by atoms with Crippen molar-refractivity contribution < 1.29 is 23.9 Å². The first-order chi connectivity index (χ1) is 24.2. The third-order valence-corrected chi connectivity index (χ3v) is 10.3. The Labute approximate surface area is 294 Å². The summed E-state index contributed by atoms with van der Waals surface area (Å²) < 4.78 is 5.49. The number of amides is 4. The summed E-state index contributed by atoms with van der Waals surface area (Å²) in [4.78, 5) is 61.7. The zero-order valence-electron chi connectivity index (χ0n) is 29.3. The number of nitrogens with one attached hydrogen (secondary N) is 2. The van der Waals surface area contributed by atoms with Crippen molar-refractivity contribution in [3.05, 3.63) is 66.2 Å². The Hall–Kier alpha value is -4.61. The maximum Gasteiger partial charge on any atom is 0.254 e. The van der Waals surface area contributed by atoms with Gasteiger partial charge in [-0.2, -0.15) is 0 Å². The molecule has 3 aromatic rings. The normalized spacial score (nSPS) is 20.3. The van der Waals surface area contributed by atoms with E-state index in [0.29, 0.717) is 59.5 Å². The van der Waals surface area contributed by atoms with Gasteiger partial charge in [0.2, 0.25) is 17.7 Å². The molecule has 0 atom stereocenters. The van der Waals surface area contributed by atoms with Gasteiger partial charge in [-0.1, -0.05) is 24.3 Å². The highest BCUT2D eigenvalue weighted by Gasteiger charge is 2.34. The number of rotatable bonds is 8. The minimum absolute atomic E-state index is 0.0390. The molecule has 50 heavy (non-hydrogen) atoms. The van der Waals surface area contributed by atoms with Crippen LogP contribution in [0.25, 0.3) is 22.5 Å². The molecule has 2 aromatic carbocycles. The molecule has 0 radical (unpaired) electrons. The maximum atomic E-state index is 14.0. The molecule has 0 unspecified atom stereocenters. The number of aromatic nitrogens is 1. The number of anilines is 2. The number of hydrogen-bond donors (Lipinski definition) is 2. The largest absolute Gasteiger partial charge is 0.381 e. The lowest BCUT2D eigenvalue weighted by Gasteiger charge is -2.43. The predicted octanol–water partition coefficient (Wildman–Crippen LogP) is 5.29. The fraction of sp³-hybridized carbons (Fsp3) is 0.462. The Bertz CT molecular complexity index is 1590. The van der Waals surface area contributed by atoms with Gasteiger partial charge in [0.15, 0.2) is 0 Å². The van der Waals surface area contributed by atoms with Crippen LogP contribution in [0.1, 0.15) is 62.7 Å². The van der Waals surface area contributed by atoms with Gasteiger partial charge in [-0.05, 0) is 74.9 Å². The van der Waals surface area contributed by atoms with Crippen molar-refractivity contribution in [2.45, 2.75) is 64.5 Å². The molecule has 2 aliphatic heterocycles. The zero-order valence-corrected chi connectivity index (χ0v) is 29.3. The summed E-state index contributed by atoms with van der Waals surface area (Å²) in [6.07, 6.45) is 6.00. The number of piperazine rings is 1. The van der Waals surface area contributed by atoms with Crippen LogP contribution in [0, 0.1) is 5.92 Å². The van der Waals surface area contributed by atoms with Crippen molar-refractivity contribution in [1.29, 1.82) is 0 Å². The topological polar surface area (TPSA) is 124 Å². The second-order valence-electron chi connectivity index (χ2n) is 13.7. The van der Waals surface area contributed by atoms with Crippen molar-refractivity contribution in [2.24, 2.45) is 5.92 Å². The molecule has 6 rings (SSSR count). The van der Waals surface area contributed by atoms with E-state index in [4.69, 9.17) is 9.72 Å². The van der Waals surface area contributed by atoms with Crippen LogP contribution in [-0.2, 0) is 19.1 Å². The Balaban J connectivity index is 1.11. The van der Waals surface area contributed by atoms with Crippen LogP contribution in [0.5, 0.6) is 0 Å². The summed E-state index contributed by atoms with van der Waals surface area (Å²) in [6.45, 7) is 7.39. The Morgan fingerprint density at radius 2 is 1.16 bits per heavy atom. The summed E-state index contributed by atoms with van der Waals surface area (Å²) in [6, 6.07) is 18.9. The van der Waals surface area contributed by atoms with E-state index in [0.717, 1.165) is 75.8 Å². The molecule has 2 saturated heterocycles. The van der Waals surface area contributed by atoms with E-state index in [1.807, 2.05) is 65.6 Å². The molecule has 0 spiro atoms. The molecule has 3 heterocycles. The van der Waals surface area contributed by atoms with Crippen LogP contribution in [0.15, 0.2) is 60.7 Å². The first kappa shape index (κ1) is 35.2. The summed E-state index contributed by atoms with van der Waals surface area (Å²) in [5.41, 5.74) is 4.87. The van der Waals surface area contributed by atoms with Gasteiger partial charge in [-0.25, -0.2) is 4.98 Å². The van der Waals surface area contributed by atoms with Crippen LogP contribution in [0.3, 0.4) is 0 Å². The van der Waals surface area contributed by atoms with Gasteiger partial charge in [0, 0.05) is 100 Å². The third-order valence-electron chi connectivity index (χ3n) is 10.3. The van der Waals surface area contributed by atoms with Crippen LogP contribution in [0.4, 0.5) is 11.4 Å². The molecule has 1 aliphatic carbocycles. The Morgan fingerprint density at radius 1 is 0.660 bits per heavy atom. The van der Waals surface area contributed by atoms with Gasteiger partial charge in [0.05, 0.1) is 17.5 Å². The first-order valence-corrected chi connectivity index (χ1v) is 17.8.